The first-order valence-corrected chi connectivity index (χ1v) is 10.3. The maximum absolute atomic E-state index is 12.9. The first-order valence-electron chi connectivity index (χ1n) is 9.93. The smallest absolute Gasteiger partial charge is 0.227 e. The standard InChI is InChI=1S/C23H24ClN3O2/c1-15-20(16(2)29-26-15)13-23(28)27-11-5-7-18(14-27)22-10-4-9-21(25-22)17-6-3-8-19(24)12-17/h3-4,6,8-10,12,18H,5,7,11,13-14H2,1-2H3/t18-/m0/s1. The van der Waals surface area contributed by atoms with Gasteiger partial charge in [-0.05, 0) is 51.0 Å². The van der Waals surface area contributed by atoms with E-state index in [1.54, 1.807) is 0 Å². The zero-order valence-corrected chi connectivity index (χ0v) is 17.4. The molecule has 150 valence electrons. The zero-order chi connectivity index (χ0) is 20.4. The molecule has 1 fully saturated rings. The summed E-state index contributed by atoms with van der Waals surface area (Å²) in [5, 5.41) is 4.65. The second kappa shape index (κ2) is 8.37. The fourth-order valence-corrected chi connectivity index (χ4v) is 4.14. The summed E-state index contributed by atoms with van der Waals surface area (Å²) in [4.78, 5) is 19.7. The monoisotopic (exact) mass is 409 g/mol. The molecule has 6 heteroatoms. The van der Waals surface area contributed by atoms with Crippen LogP contribution in [0.15, 0.2) is 47.0 Å². The van der Waals surface area contributed by atoms with Crippen LogP contribution >= 0.6 is 11.6 Å². The van der Waals surface area contributed by atoms with Crippen LogP contribution in [0.2, 0.25) is 5.02 Å². The van der Waals surface area contributed by atoms with Crippen molar-refractivity contribution in [1.82, 2.24) is 15.0 Å². The third kappa shape index (κ3) is 4.35. The molecule has 1 aliphatic heterocycles. The van der Waals surface area contributed by atoms with Crippen molar-refractivity contribution in [3.8, 4) is 11.3 Å². The Hall–Kier alpha value is -2.66. The number of amides is 1. The van der Waals surface area contributed by atoms with Crippen molar-refractivity contribution in [1.29, 1.82) is 0 Å². The van der Waals surface area contributed by atoms with Gasteiger partial charge in [0.05, 0.1) is 17.8 Å². The minimum atomic E-state index is 0.120. The number of benzene rings is 1. The summed E-state index contributed by atoms with van der Waals surface area (Å²) < 4.78 is 5.20. The Labute approximate surface area is 175 Å². The minimum Gasteiger partial charge on any atom is -0.361 e. The Bertz CT molecular complexity index is 1010. The maximum atomic E-state index is 12.9. The predicted octanol–water partition coefficient (Wildman–Crippen LogP) is 4.96. The van der Waals surface area contributed by atoms with Gasteiger partial charge in [-0.25, -0.2) is 0 Å². The Morgan fingerprint density at radius 2 is 2.07 bits per heavy atom. The van der Waals surface area contributed by atoms with Crippen LogP contribution in [0.5, 0.6) is 0 Å². The van der Waals surface area contributed by atoms with Crippen molar-refractivity contribution in [2.75, 3.05) is 13.1 Å². The number of hydrogen-bond donors (Lipinski definition) is 0. The van der Waals surface area contributed by atoms with Crippen LogP contribution in [0.1, 0.15) is 41.5 Å². The number of piperidine rings is 1. The van der Waals surface area contributed by atoms with E-state index in [2.05, 4.69) is 11.2 Å². The predicted molar refractivity (Wildman–Crippen MR) is 113 cm³/mol. The number of aromatic nitrogens is 2. The number of hydrogen-bond acceptors (Lipinski definition) is 4. The summed E-state index contributed by atoms with van der Waals surface area (Å²) in [5.41, 5.74) is 4.63. The van der Waals surface area contributed by atoms with E-state index in [9.17, 15) is 4.79 Å². The average Bonchev–Trinajstić information content (AvgIpc) is 3.06. The summed E-state index contributed by atoms with van der Waals surface area (Å²) in [6, 6.07) is 13.8. The molecule has 0 spiro atoms. The molecule has 0 radical (unpaired) electrons. The highest BCUT2D eigenvalue weighted by atomic mass is 35.5. The number of carbonyl (C=O) groups excluding carboxylic acids is 1. The van der Waals surface area contributed by atoms with E-state index in [0.717, 1.165) is 53.4 Å². The van der Waals surface area contributed by atoms with Gasteiger partial charge in [-0.1, -0.05) is 35.0 Å². The lowest BCUT2D eigenvalue weighted by molar-refractivity contribution is -0.131. The lowest BCUT2D eigenvalue weighted by Gasteiger charge is -2.32. The third-order valence-electron chi connectivity index (χ3n) is 5.59. The van der Waals surface area contributed by atoms with Crippen LogP contribution in [0, 0.1) is 13.8 Å². The van der Waals surface area contributed by atoms with Gasteiger partial charge in [-0.15, -0.1) is 0 Å². The molecule has 2 aromatic heterocycles. The van der Waals surface area contributed by atoms with Gasteiger partial charge in [-0.3, -0.25) is 9.78 Å². The van der Waals surface area contributed by atoms with E-state index in [0.29, 0.717) is 18.0 Å². The Kier molecular flexibility index (Phi) is 5.67. The third-order valence-corrected chi connectivity index (χ3v) is 5.83. The van der Waals surface area contributed by atoms with Crippen LogP contribution in [-0.4, -0.2) is 34.0 Å². The molecule has 0 N–H and O–H groups in total. The number of aryl methyl sites for hydroxylation is 2. The van der Waals surface area contributed by atoms with Gasteiger partial charge in [0.1, 0.15) is 5.76 Å². The first kappa shape index (κ1) is 19.6. The molecule has 3 aromatic rings. The first-order chi connectivity index (χ1) is 14.0. The van der Waals surface area contributed by atoms with Gasteiger partial charge in [0, 0.05) is 40.9 Å². The molecule has 1 atom stereocenters. The van der Waals surface area contributed by atoms with Crippen molar-refractivity contribution < 1.29 is 9.32 Å². The molecule has 3 heterocycles. The fourth-order valence-electron chi connectivity index (χ4n) is 3.95. The van der Waals surface area contributed by atoms with Crippen LogP contribution in [-0.2, 0) is 11.2 Å². The van der Waals surface area contributed by atoms with Gasteiger partial charge in [0.2, 0.25) is 5.91 Å². The minimum absolute atomic E-state index is 0.120. The van der Waals surface area contributed by atoms with Crippen LogP contribution in [0.25, 0.3) is 11.3 Å². The largest absolute Gasteiger partial charge is 0.361 e. The highest BCUT2D eigenvalue weighted by molar-refractivity contribution is 6.30. The molecule has 0 unspecified atom stereocenters. The topological polar surface area (TPSA) is 59.2 Å². The molecular formula is C23H24ClN3O2. The van der Waals surface area contributed by atoms with E-state index in [4.69, 9.17) is 21.1 Å². The molecule has 0 saturated carbocycles. The van der Waals surface area contributed by atoms with Crippen LogP contribution < -0.4 is 0 Å². The molecule has 0 aliphatic carbocycles. The number of likely N-dealkylation sites (tertiary alicyclic amines) is 1. The summed E-state index contributed by atoms with van der Waals surface area (Å²) >= 11 is 6.13. The van der Waals surface area contributed by atoms with Crippen LogP contribution in [0.4, 0.5) is 0 Å². The number of halogens is 1. The molecule has 5 nitrogen and oxygen atoms in total. The summed E-state index contributed by atoms with van der Waals surface area (Å²) in [6.07, 6.45) is 2.34. The van der Waals surface area contributed by atoms with Gasteiger partial charge in [0.15, 0.2) is 0 Å². The number of rotatable bonds is 4. The second-order valence-electron chi connectivity index (χ2n) is 7.62. The van der Waals surface area contributed by atoms with E-state index >= 15 is 0 Å². The summed E-state index contributed by atoms with van der Waals surface area (Å²) in [5.74, 6) is 1.08. The van der Waals surface area contributed by atoms with Gasteiger partial charge in [-0.2, -0.15) is 0 Å². The maximum Gasteiger partial charge on any atom is 0.227 e. The number of carbonyl (C=O) groups is 1. The van der Waals surface area contributed by atoms with Gasteiger partial charge >= 0.3 is 0 Å². The lowest BCUT2D eigenvalue weighted by Crippen LogP contribution is -2.40. The van der Waals surface area contributed by atoms with E-state index in [-0.39, 0.29) is 11.8 Å². The van der Waals surface area contributed by atoms with E-state index in [1.165, 1.54) is 0 Å². The molecular weight excluding hydrogens is 386 g/mol. The molecule has 1 amide bonds. The quantitative estimate of drug-likeness (QED) is 0.611. The fraction of sp³-hybridized carbons (Fsp3) is 0.348. The second-order valence-corrected chi connectivity index (χ2v) is 8.05. The van der Waals surface area contributed by atoms with Crippen molar-refractivity contribution in [2.45, 2.75) is 39.0 Å². The molecule has 4 rings (SSSR count). The van der Waals surface area contributed by atoms with Crippen molar-refractivity contribution in [2.24, 2.45) is 0 Å². The lowest BCUT2D eigenvalue weighted by atomic mass is 9.93. The summed E-state index contributed by atoms with van der Waals surface area (Å²) in [6.45, 7) is 5.21. The summed E-state index contributed by atoms with van der Waals surface area (Å²) in [7, 11) is 0. The Morgan fingerprint density at radius 1 is 1.24 bits per heavy atom. The molecule has 29 heavy (non-hydrogen) atoms. The average molecular weight is 410 g/mol. The zero-order valence-electron chi connectivity index (χ0n) is 16.7. The molecule has 0 bridgehead atoms. The van der Waals surface area contributed by atoms with E-state index in [1.807, 2.05) is 55.1 Å². The van der Waals surface area contributed by atoms with E-state index < -0.39 is 0 Å². The SMILES string of the molecule is Cc1noc(C)c1CC(=O)N1CCC[C@H](c2cccc(-c3cccc(Cl)c3)n2)C1. The number of nitrogens with zero attached hydrogens (tertiary/aromatic N) is 3. The van der Waals surface area contributed by atoms with Crippen molar-refractivity contribution >= 4 is 17.5 Å². The highest BCUT2D eigenvalue weighted by Gasteiger charge is 2.27. The van der Waals surface area contributed by atoms with Gasteiger partial charge < -0.3 is 9.42 Å². The Morgan fingerprint density at radius 3 is 2.83 bits per heavy atom. The molecule has 1 aromatic carbocycles. The highest BCUT2D eigenvalue weighted by Crippen LogP contribution is 2.29. The molecule has 1 aliphatic rings. The Balaban J connectivity index is 1.50. The van der Waals surface area contributed by atoms with Gasteiger partial charge in [0.25, 0.3) is 0 Å². The normalized spacial score (nSPS) is 16.8. The van der Waals surface area contributed by atoms with Crippen molar-refractivity contribution in [3.05, 3.63) is 70.2 Å². The number of pyridine rings is 1. The van der Waals surface area contributed by atoms with Crippen LogP contribution in [0.3, 0.4) is 0 Å². The molecule has 1 saturated heterocycles. The van der Waals surface area contributed by atoms with Crippen molar-refractivity contribution in [3.63, 3.8) is 0 Å².